The Morgan fingerprint density at radius 3 is 2.37 bits per heavy atom. The topological polar surface area (TPSA) is 43.4 Å². The van der Waals surface area contributed by atoms with Gasteiger partial charge in [-0.3, -0.25) is 9.59 Å². The molecule has 0 spiro atoms. The molecule has 19 heavy (non-hydrogen) atoms. The van der Waals surface area contributed by atoms with E-state index in [1.54, 1.807) is 6.08 Å². The minimum atomic E-state index is -0.292. The Hall–Kier alpha value is -2.42. The van der Waals surface area contributed by atoms with E-state index in [0.717, 1.165) is 5.56 Å². The van der Waals surface area contributed by atoms with E-state index >= 15 is 0 Å². The molecule has 1 atom stereocenters. The molecule has 0 N–H and O–H groups in total. The second-order valence-corrected chi connectivity index (χ2v) is 4.16. The highest BCUT2D eigenvalue weighted by atomic mass is 16.5. The first kappa shape index (κ1) is 13.0. The third-order valence-electron chi connectivity index (χ3n) is 3.03. The van der Waals surface area contributed by atoms with Crippen molar-refractivity contribution in [1.82, 2.24) is 0 Å². The molecule has 0 fully saturated rings. The van der Waals surface area contributed by atoms with Crippen LogP contribution in [0.15, 0.2) is 66.5 Å². The van der Waals surface area contributed by atoms with Crippen molar-refractivity contribution in [3.8, 4) is 0 Å². The van der Waals surface area contributed by atoms with Crippen LogP contribution in [0.1, 0.15) is 11.5 Å². The molecule has 3 nitrogen and oxygen atoms in total. The molecule has 1 aromatic rings. The van der Waals surface area contributed by atoms with Crippen LogP contribution < -0.4 is 0 Å². The number of rotatable bonds is 4. The molecule has 0 aromatic heterocycles. The lowest BCUT2D eigenvalue weighted by atomic mass is 9.85. The molecule has 3 heteroatoms. The molecule has 1 aromatic carbocycles. The molecule has 1 aliphatic carbocycles. The lowest BCUT2D eigenvalue weighted by Gasteiger charge is -2.18. The summed E-state index contributed by atoms with van der Waals surface area (Å²) >= 11 is 0. The standard InChI is InChI=1S/C16H14O3/c1-3-12(11-7-5-4-6-8-11)13-9-15(18)16(19-2)10-14(13)17/h3-10,12H,1H2,2H3. The summed E-state index contributed by atoms with van der Waals surface area (Å²) in [6.07, 6.45) is 4.23. The highest BCUT2D eigenvalue weighted by Crippen LogP contribution is 2.29. The van der Waals surface area contributed by atoms with E-state index in [0.29, 0.717) is 5.57 Å². The Morgan fingerprint density at radius 1 is 1.11 bits per heavy atom. The SMILES string of the molecule is C=CC(C1=CC(=O)C(OC)=CC1=O)c1ccccc1. The monoisotopic (exact) mass is 254 g/mol. The number of benzene rings is 1. The van der Waals surface area contributed by atoms with Crippen molar-refractivity contribution < 1.29 is 14.3 Å². The Labute approximate surface area is 111 Å². The van der Waals surface area contributed by atoms with Gasteiger partial charge in [0, 0.05) is 17.6 Å². The fourth-order valence-electron chi connectivity index (χ4n) is 2.06. The minimum absolute atomic E-state index is 0.0737. The van der Waals surface area contributed by atoms with Gasteiger partial charge in [-0.05, 0) is 11.6 Å². The first-order valence-corrected chi connectivity index (χ1v) is 5.90. The summed E-state index contributed by atoms with van der Waals surface area (Å²) in [7, 11) is 1.37. The summed E-state index contributed by atoms with van der Waals surface area (Å²) in [6.45, 7) is 3.75. The van der Waals surface area contributed by atoms with E-state index in [1.165, 1.54) is 19.3 Å². The second-order valence-electron chi connectivity index (χ2n) is 4.16. The molecule has 1 aliphatic rings. The number of carbonyl (C=O) groups is 2. The fourth-order valence-corrected chi connectivity index (χ4v) is 2.06. The van der Waals surface area contributed by atoms with E-state index in [9.17, 15) is 9.59 Å². The molecule has 0 amide bonds. The molecule has 0 saturated heterocycles. The minimum Gasteiger partial charge on any atom is -0.493 e. The van der Waals surface area contributed by atoms with Crippen LogP contribution in [0.3, 0.4) is 0 Å². The number of allylic oxidation sites excluding steroid dienone is 4. The Balaban J connectivity index is 2.39. The first-order valence-electron chi connectivity index (χ1n) is 5.90. The van der Waals surface area contributed by atoms with Crippen LogP contribution in [0, 0.1) is 0 Å². The zero-order valence-electron chi connectivity index (χ0n) is 10.6. The van der Waals surface area contributed by atoms with E-state index in [-0.39, 0.29) is 23.2 Å². The molecule has 0 heterocycles. The van der Waals surface area contributed by atoms with Crippen LogP contribution >= 0.6 is 0 Å². The summed E-state index contributed by atoms with van der Waals surface area (Å²) < 4.78 is 4.86. The van der Waals surface area contributed by atoms with Gasteiger partial charge >= 0.3 is 0 Å². The number of hydrogen-bond donors (Lipinski definition) is 0. The van der Waals surface area contributed by atoms with Gasteiger partial charge in [0.25, 0.3) is 0 Å². The Morgan fingerprint density at radius 2 is 1.79 bits per heavy atom. The average molecular weight is 254 g/mol. The maximum absolute atomic E-state index is 12.1. The van der Waals surface area contributed by atoms with E-state index < -0.39 is 0 Å². The molecule has 0 aliphatic heterocycles. The number of carbonyl (C=O) groups excluding carboxylic acids is 2. The van der Waals surface area contributed by atoms with Gasteiger partial charge in [-0.25, -0.2) is 0 Å². The van der Waals surface area contributed by atoms with Crippen LogP contribution in [0.2, 0.25) is 0 Å². The van der Waals surface area contributed by atoms with Gasteiger partial charge in [-0.1, -0.05) is 36.4 Å². The van der Waals surface area contributed by atoms with Crippen LogP contribution in [0.5, 0.6) is 0 Å². The Kier molecular flexibility index (Phi) is 3.76. The average Bonchev–Trinajstić information content (AvgIpc) is 2.44. The maximum atomic E-state index is 12.1. The third kappa shape index (κ3) is 2.55. The van der Waals surface area contributed by atoms with Crippen LogP contribution in [-0.4, -0.2) is 18.7 Å². The summed E-state index contributed by atoms with van der Waals surface area (Å²) in [5, 5.41) is 0. The van der Waals surface area contributed by atoms with Crippen molar-refractivity contribution >= 4 is 11.6 Å². The van der Waals surface area contributed by atoms with E-state index in [2.05, 4.69) is 6.58 Å². The van der Waals surface area contributed by atoms with Gasteiger partial charge in [0.05, 0.1) is 7.11 Å². The van der Waals surface area contributed by atoms with E-state index in [4.69, 9.17) is 4.74 Å². The number of ketones is 2. The molecular formula is C16H14O3. The summed E-state index contributed by atoms with van der Waals surface area (Å²) in [5.74, 6) is -0.720. The normalized spacial score (nSPS) is 16.5. The van der Waals surface area contributed by atoms with Gasteiger partial charge in [0.15, 0.2) is 11.5 Å². The van der Waals surface area contributed by atoms with Crippen molar-refractivity contribution in [1.29, 1.82) is 0 Å². The van der Waals surface area contributed by atoms with Gasteiger partial charge < -0.3 is 4.74 Å². The highest BCUT2D eigenvalue weighted by Gasteiger charge is 2.26. The van der Waals surface area contributed by atoms with Crippen molar-refractivity contribution in [2.45, 2.75) is 5.92 Å². The van der Waals surface area contributed by atoms with Gasteiger partial charge in [-0.15, -0.1) is 6.58 Å². The molecule has 2 rings (SSSR count). The lowest BCUT2D eigenvalue weighted by Crippen LogP contribution is -2.18. The van der Waals surface area contributed by atoms with Crippen molar-refractivity contribution in [3.05, 3.63) is 72.0 Å². The summed E-state index contributed by atoms with van der Waals surface area (Å²) in [5.41, 5.74) is 1.35. The second kappa shape index (κ2) is 5.48. The Bertz CT molecular complexity index is 579. The van der Waals surface area contributed by atoms with Crippen LogP contribution in [0.25, 0.3) is 0 Å². The zero-order valence-corrected chi connectivity index (χ0v) is 10.6. The number of methoxy groups -OCH3 is 1. The quantitative estimate of drug-likeness (QED) is 0.612. The molecule has 0 bridgehead atoms. The molecule has 0 radical (unpaired) electrons. The fraction of sp³-hybridized carbons (Fsp3) is 0.125. The third-order valence-corrected chi connectivity index (χ3v) is 3.03. The zero-order chi connectivity index (χ0) is 13.8. The van der Waals surface area contributed by atoms with Gasteiger partial charge in [0.2, 0.25) is 5.78 Å². The van der Waals surface area contributed by atoms with Crippen molar-refractivity contribution in [2.75, 3.05) is 7.11 Å². The van der Waals surface area contributed by atoms with Gasteiger partial charge in [0.1, 0.15) is 0 Å². The molecule has 1 unspecified atom stereocenters. The molecular weight excluding hydrogens is 240 g/mol. The van der Waals surface area contributed by atoms with Gasteiger partial charge in [-0.2, -0.15) is 0 Å². The van der Waals surface area contributed by atoms with Crippen LogP contribution in [0.4, 0.5) is 0 Å². The van der Waals surface area contributed by atoms with E-state index in [1.807, 2.05) is 30.3 Å². The van der Waals surface area contributed by atoms with Crippen LogP contribution in [-0.2, 0) is 14.3 Å². The number of hydrogen-bond acceptors (Lipinski definition) is 3. The molecule has 0 saturated carbocycles. The summed E-state index contributed by atoms with van der Waals surface area (Å²) in [4.78, 5) is 23.8. The highest BCUT2D eigenvalue weighted by molar-refractivity contribution is 6.19. The van der Waals surface area contributed by atoms with Crippen molar-refractivity contribution in [3.63, 3.8) is 0 Å². The largest absolute Gasteiger partial charge is 0.493 e. The predicted molar refractivity (Wildman–Crippen MR) is 72.6 cm³/mol. The number of ether oxygens (including phenoxy) is 1. The smallest absolute Gasteiger partial charge is 0.220 e. The predicted octanol–water partition coefficient (Wildman–Crippen LogP) is 2.56. The molecule has 96 valence electrons. The van der Waals surface area contributed by atoms with Crippen molar-refractivity contribution in [2.24, 2.45) is 0 Å². The first-order chi connectivity index (χ1) is 9.17. The summed E-state index contributed by atoms with van der Waals surface area (Å²) in [6, 6.07) is 9.48. The maximum Gasteiger partial charge on any atom is 0.220 e. The lowest BCUT2D eigenvalue weighted by molar-refractivity contribution is -0.117.